The Morgan fingerprint density at radius 1 is 1.50 bits per heavy atom. The van der Waals surface area contributed by atoms with Crippen molar-refractivity contribution in [2.24, 2.45) is 0 Å². The van der Waals surface area contributed by atoms with Crippen molar-refractivity contribution in [1.29, 1.82) is 0 Å². The average molecular weight is 410 g/mol. The van der Waals surface area contributed by atoms with Crippen LogP contribution in [-0.4, -0.2) is 22.8 Å². The van der Waals surface area contributed by atoms with Gasteiger partial charge >= 0.3 is 0 Å². The molecular weight excluding hydrogens is 400 g/mol. The van der Waals surface area contributed by atoms with Crippen molar-refractivity contribution in [2.75, 3.05) is 7.05 Å². The lowest BCUT2D eigenvalue weighted by molar-refractivity contribution is 0.0791. The molecule has 1 amide bonds. The summed E-state index contributed by atoms with van der Waals surface area (Å²) < 4.78 is 1.85. The van der Waals surface area contributed by atoms with Crippen molar-refractivity contribution in [2.45, 2.75) is 13.5 Å². The molecule has 0 spiro atoms. The zero-order chi connectivity index (χ0) is 13.3. The van der Waals surface area contributed by atoms with E-state index in [0.717, 1.165) is 23.7 Å². The highest BCUT2D eigenvalue weighted by Crippen LogP contribution is 2.33. The number of halogens is 2. The number of amides is 1. The Kier molecular flexibility index (Phi) is 4.58. The van der Waals surface area contributed by atoms with Crippen LogP contribution in [-0.2, 0) is 6.54 Å². The summed E-state index contributed by atoms with van der Waals surface area (Å²) in [5.41, 5.74) is 2.80. The summed E-state index contributed by atoms with van der Waals surface area (Å²) >= 11 is 9.80. The molecule has 0 atom stereocenters. The van der Waals surface area contributed by atoms with Gasteiger partial charge in [-0.1, -0.05) is 0 Å². The zero-order valence-corrected chi connectivity index (χ0v) is 14.5. The molecule has 0 saturated carbocycles. The predicted octanol–water partition coefficient (Wildman–Crippen LogP) is 4.31. The number of nitrogens with zero attached hydrogens (tertiary/aromatic N) is 2. The topological polar surface area (TPSA) is 33.2 Å². The quantitative estimate of drug-likeness (QED) is 0.756. The maximum atomic E-state index is 12.2. The molecule has 0 unspecified atom stereocenters. The summed E-state index contributed by atoms with van der Waals surface area (Å²) in [7, 11) is 1.81. The maximum absolute atomic E-state index is 12.2. The van der Waals surface area contributed by atoms with E-state index in [1.807, 2.05) is 20.0 Å². The summed E-state index contributed by atoms with van der Waals surface area (Å²) in [6, 6.07) is 1.84. The number of thiophene rings is 1. The Balaban J connectivity index is 2.12. The normalized spacial score (nSPS) is 10.7. The molecule has 0 radical (unpaired) electrons. The lowest BCUT2D eigenvalue weighted by Gasteiger charge is -2.15. The third kappa shape index (κ3) is 3.01. The first-order valence-corrected chi connectivity index (χ1v) is 8.36. The highest BCUT2D eigenvalue weighted by Gasteiger charge is 2.17. The Morgan fingerprint density at radius 2 is 2.22 bits per heavy atom. The van der Waals surface area contributed by atoms with Crippen LogP contribution in [0.3, 0.4) is 0 Å². The molecule has 7 heteroatoms. The van der Waals surface area contributed by atoms with E-state index >= 15 is 0 Å². The van der Waals surface area contributed by atoms with Crippen molar-refractivity contribution in [1.82, 2.24) is 9.88 Å². The lowest BCUT2D eigenvalue weighted by Crippen LogP contribution is -2.25. The van der Waals surface area contributed by atoms with E-state index in [1.165, 1.54) is 11.3 Å². The number of hydrogen-bond acceptors (Lipinski definition) is 4. The summed E-state index contributed by atoms with van der Waals surface area (Å²) in [5, 5.41) is 0. The lowest BCUT2D eigenvalue weighted by atomic mass is 10.3. The third-order valence-electron chi connectivity index (χ3n) is 2.43. The first-order valence-electron chi connectivity index (χ1n) is 5.08. The van der Waals surface area contributed by atoms with Crippen LogP contribution in [0.15, 0.2) is 19.8 Å². The fraction of sp³-hybridized carbons (Fsp3) is 0.273. The highest BCUT2D eigenvalue weighted by molar-refractivity contribution is 9.13. The molecule has 2 aromatic rings. The van der Waals surface area contributed by atoms with E-state index in [0.29, 0.717) is 6.54 Å². The van der Waals surface area contributed by atoms with Crippen molar-refractivity contribution in [3.8, 4) is 0 Å². The molecule has 2 rings (SSSR count). The van der Waals surface area contributed by atoms with Gasteiger partial charge in [-0.3, -0.25) is 4.79 Å². The van der Waals surface area contributed by atoms with Gasteiger partial charge in [0.05, 0.1) is 26.4 Å². The van der Waals surface area contributed by atoms with Gasteiger partial charge in [0.1, 0.15) is 0 Å². The van der Waals surface area contributed by atoms with E-state index in [1.54, 1.807) is 21.7 Å². The number of rotatable bonds is 3. The van der Waals surface area contributed by atoms with Gasteiger partial charge in [0.25, 0.3) is 5.91 Å². The van der Waals surface area contributed by atoms with Crippen LogP contribution >= 0.6 is 54.5 Å². The van der Waals surface area contributed by atoms with E-state index in [2.05, 4.69) is 36.8 Å². The summed E-state index contributed by atoms with van der Waals surface area (Å²) in [6.07, 6.45) is 0. The Morgan fingerprint density at radius 3 is 2.72 bits per heavy atom. The zero-order valence-electron chi connectivity index (χ0n) is 9.74. The first kappa shape index (κ1) is 14.2. The van der Waals surface area contributed by atoms with Crippen LogP contribution in [0.1, 0.15) is 20.2 Å². The molecular formula is C11H10Br2N2OS2. The van der Waals surface area contributed by atoms with Crippen molar-refractivity contribution >= 4 is 60.4 Å². The molecule has 18 heavy (non-hydrogen) atoms. The van der Waals surface area contributed by atoms with Crippen molar-refractivity contribution in [3.05, 3.63) is 35.3 Å². The fourth-order valence-corrected chi connectivity index (χ4v) is 4.27. The average Bonchev–Trinajstić information content (AvgIpc) is 2.86. The highest BCUT2D eigenvalue weighted by atomic mass is 79.9. The molecule has 96 valence electrons. The van der Waals surface area contributed by atoms with Crippen LogP contribution in [0, 0.1) is 6.92 Å². The molecule has 3 nitrogen and oxygen atoms in total. The smallest absolute Gasteiger partial charge is 0.264 e. The predicted molar refractivity (Wildman–Crippen MR) is 82.4 cm³/mol. The summed E-state index contributed by atoms with van der Waals surface area (Å²) in [4.78, 5) is 20.0. The number of carbonyl (C=O) groups excluding carboxylic acids is 1. The Bertz CT molecular complexity index is 560. The second-order valence-electron chi connectivity index (χ2n) is 3.75. The van der Waals surface area contributed by atoms with Gasteiger partial charge in [-0.15, -0.1) is 22.7 Å². The van der Waals surface area contributed by atoms with Crippen molar-refractivity contribution < 1.29 is 4.79 Å². The van der Waals surface area contributed by atoms with Gasteiger partial charge < -0.3 is 4.90 Å². The minimum absolute atomic E-state index is 0.0270. The maximum Gasteiger partial charge on any atom is 0.264 e. The fourth-order valence-electron chi connectivity index (χ4n) is 1.41. The van der Waals surface area contributed by atoms with E-state index in [9.17, 15) is 4.79 Å². The van der Waals surface area contributed by atoms with Crippen LogP contribution in [0.4, 0.5) is 0 Å². The number of aryl methyl sites for hydroxylation is 1. The van der Waals surface area contributed by atoms with Crippen LogP contribution in [0.25, 0.3) is 0 Å². The van der Waals surface area contributed by atoms with E-state index in [-0.39, 0.29) is 5.91 Å². The minimum Gasteiger partial charge on any atom is -0.336 e. The van der Waals surface area contributed by atoms with E-state index in [4.69, 9.17) is 0 Å². The molecule has 0 N–H and O–H groups in total. The summed E-state index contributed by atoms with van der Waals surface area (Å²) in [5.74, 6) is 0.0270. The Hall–Kier alpha value is -0.240. The molecule has 0 aromatic carbocycles. The molecule has 0 aliphatic carbocycles. The molecule has 0 aliphatic rings. The number of carbonyl (C=O) groups is 1. The third-order valence-corrected chi connectivity index (χ3v) is 6.59. The molecule has 0 fully saturated rings. The van der Waals surface area contributed by atoms with Gasteiger partial charge in [0.15, 0.2) is 0 Å². The van der Waals surface area contributed by atoms with Gasteiger partial charge in [-0.25, -0.2) is 4.98 Å². The van der Waals surface area contributed by atoms with Crippen LogP contribution < -0.4 is 0 Å². The van der Waals surface area contributed by atoms with Crippen LogP contribution in [0.5, 0.6) is 0 Å². The van der Waals surface area contributed by atoms with Crippen molar-refractivity contribution in [3.63, 3.8) is 0 Å². The molecule has 0 bridgehead atoms. The standard InChI is InChI=1S/C11H10Br2N2OS2/c1-6-9(17-5-14-6)4-15(2)11(16)8-3-7(12)10(13)18-8/h3,5H,4H2,1-2H3. The van der Waals surface area contributed by atoms with Gasteiger partial charge in [0, 0.05) is 16.4 Å². The Labute approximate surface area is 130 Å². The minimum atomic E-state index is 0.0270. The number of aromatic nitrogens is 1. The number of hydrogen-bond donors (Lipinski definition) is 0. The van der Waals surface area contributed by atoms with Gasteiger partial charge in [-0.05, 0) is 44.8 Å². The molecule has 0 saturated heterocycles. The van der Waals surface area contributed by atoms with Crippen LogP contribution in [0.2, 0.25) is 0 Å². The molecule has 0 aliphatic heterocycles. The monoisotopic (exact) mass is 408 g/mol. The molecule has 2 heterocycles. The first-order chi connectivity index (χ1) is 8.49. The SMILES string of the molecule is Cc1ncsc1CN(C)C(=O)c1cc(Br)c(Br)s1. The van der Waals surface area contributed by atoms with E-state index < -0.39 is 0 Å². The van der Waals surface area contributed by atoms with Gasteiger partial charge in [-0.2, -0.15) is 0 Å². The second-order valence-corrected chi connectivity index (χ2v) is 7.92. The number of thiazole rings is 1. The largest absolute Gasteiger partial charge is 0.336 e. The second kappa shape index (κ2) is 5.81. The van der Waals surface area contributed by atoms with Gasteiger partial charge in [0.2, 0.25) is 0 Å². The molecule has 2 aromatic heterocycles. The summed E-state index contributed by atoms with van der Waals surface area (Å²) in [6.45, 7) is 2.56.